The van der Waals surface area contributed by atoms with Crippen LogP contribution in [0.1, 0.15) is 53.4 Å². The van der Waals surface area contributed by atoms with Crippen LogP contribution in [0, 0.1) is 23.2 Å². The second-order valence-electron chi connectivity index (χ2n) is 6.98. The van der Waals surface area contributed by atoms with E-state index in [2.05, 4.69) is 0 Å². The fourth-order valence-corrected chi connectivity index (χ4v) is 3.49. The van der Waals surface area contributed by atoms with E-state index in [0.29, 0.717) is 24.4 Å². The Balaban J connectivity index is 1.86. The molecule has 2 bridgehead atoms. The topological polar surface area (TPSA) is 52.6 Å². The van der Waals surface area contributed by atoms with Crippen molar-refractivity contribution in [1.29, 1.82) is 0 Å². The van der Waals surface area contributed by atoms with Crippen molar-refractivity contribution in [2.75, 3.05) is 6.61 Å². The fraction of sp³-hybridized carbons (Fsp3) is 0.875. The molecule has 4 unspecified atom stereocenters. The summed E-state index contributed by atoms with van der Waals surface area (Å²) in [5.41, 5.74) is -0.410. The molecule has 0 radical (unpaired) electrons. The van der Waals surface area contributed by atoms with Crippen LogP contribution in [-0.2, 0) is 19.1 Å². The molecule has 0 amide bonds. The first kappa shape index (κ1) is 15.3. The van der Waals surface area contributed by atoms with Gasteiger partial charge in [-0.25, -0.2) is 0 Å². The van der Waals surface area contributed by atoms with E-state index in [4.69, 9.17) is 9.47 Å². The summed E-state index contributed by atoms with van der Waals surface area (Å²) in [6, 6.07) is 0. The van der Waals surface area contributed by atoms with Gasteiger partial charge in [0.25, 0.3) is 0 Å². The molecule has 0 aliphatic heterocycles. The molecule has 114 valence electrons. The molecule has 0 N–H and O–H groups in total. The normalized spacial score (nSPS) is 32.2. The smallest absolute Gasteiger partial charge is 0.311 e. The number of hydrogen-bond donors (Lipinski definition) is 0. The first-order valence-corrected chi connectivity index (χ1v) is 7.68. The van der Waals surface area contributed by atoms with Gasteiger partial charge in [0.1, 0.15) is 6.10 Å². The van der Waals surface area contributed by atoms with Crippen molar-refractivity contribution in [3.63, 3.8) is 0 Å². The minimum atomic E-state index is -0.410. The van der Waals surface area contributed by atoms with E-state index in [9.17, 15) is 9.59 Å². The lowest BCUT2D eigenvalue weighted by atomic mass is 9.87. The van der Waals surface area contributed by atoms with Gasteiger partial charge in [-0.3, -0.25) is 9.59 Å². The summed E-state index contributed by atoms with van der Waals surface area (Å²) in [4.78, 5) is 23.1. The summed E-state index contributed by atoms with van der Waals surface area (Å²) < 4.78 is 10.9. The monoisotopic (exact) mass is 282 g/mol. The number of hydrogen-bond acceptors (Lipinski definition) is 4. The molecule has 0 heterocycles. The Labute approximate surface area is 121 Å². The summed E-state index contributed by atoms with van der Waals surface area (Å²) in [7, 11) is 0. The molecule has 0 aromatic rings. The lowest BCUT2D eigenvalue weighted by molar-refractivity contribution is -0.159. The number of carbonyl (C=O) groups is 2. The Morgan fingerprint density at radius 3 is 2.45 bits per heavy atom. The molecule has 0 spiro atoms. The molecule has 2 rings (SSSR count). The van der Waals surface area contributed by atoms with Crippen LogP contribution >= 0.6 is 0 Å². The lowest BCUT2D eigenvalue weighted by Gasteiger charge is -2.29. The van der Waals surface area contributed by atoms with Crippen LogP contribution in [0.2, 0.25) is 0 Å². The van der Waals surface area contributed by atoms with Crippen LogP contribution in [0.5, 0.6) is 0 Å². The van der Waals surface area contributed by atoms with Gasteiger partial charge >= 0.3 is 11.9 Å². The zero-order valence-electron chi connectivity index (χ0n) is 13.0. The van der Waals surface area contributed by atoms with E-state index in [1.807, 2.05) is 20.8 Å². The van der Waals surface area contributed by atoms with Crippen molar-refractivity contribution < 1.29 is 19.1 Å². The van der Waals surface area contributed by atoms with E-state index in [-0.39, 0.29) is 18.0 Å². The summed E-state index contributed by atoms with van der Waals surface area (Å²) in [6.45, 7) is 7.76. The molecule has 0 saturated heterocycles. The van der Waals surface area contributed by atoms with E-state index < -0.39 is 5.41 Å². The highest BCUT2D eigenvalue weighted by molar-refractivity contribution is 5.75. The van der Waals surface area contributed by atoms with Gasteiger partial charge in [0.05, 0.1) is 12.0 Å². The highest BCUT2D eigenvalue weighted by Gasteiger charge is 2.48. The molecule has 2 aliphatic rings. The second-order valence-corrected chi connectivity index (χ2v) is 6.98. The number of esters is 2. The lowest BCUT2D eigenvalue weighted by Crippen LogP contribution is -2.33. The van der Waals surface area contributed by atoms with E-state index in [1.54, 1.807) is 0 Å². The second kappa shape index (κ2) is 5.74. The van der Waals surface area contributed by atoms with E-state index in [1.165, 1.54) is 6.92 Å². The van der Waals surface area contributed by atoms with Crippen LogP contribution in [0.15, 0.2) is 0 Å². The zero-order chi connectivity index (χ0) is 14.9. The minimum Gasteiger partial charge on any atom is -0.465 e. The maximum atomic E-state index is 12.0. The standard InChI is InChI=1S/C16H26O4/c1-5-16(3,4)15(18)19-9-12-6-11-7-13(12)14(8-11)20-10(2)17/h11-14H,5-9H2,1-4H3. The largest absolute Gasteiger partial charge is 0.465 e. The third-order valence-corrected chi connectivity index (χ3v) is 5.07. The highest BCUT2D eigenvalue weighted by atomic mass is 16.5. The quantitative estimate of drug-likeness (QED) is 0.727. The molecule has 4 atom stereocenters. The van der Waals surface area contributed by atoms with Gasteiger partial charge in [-0.05, 0) is 51.4 Å². The Morgan fingerprint density at radius 2 is 1.90 bits per heavy atom. The van der Waals surface area contributed by atoms with Gasteiger partial charge in [0.2, 0.25) is 0 Å². The van der Waals surface area contributed by atoms with Crippen molar-refractivity contribution in [1.82, 2.24) is 0 Å². The molecule has 2 fully saturated rings. The number of ether oxygens (including phenoxy) is 2. The Bertz CT molecular complexity index is 388. The van der Waals surface area contributed by atoms with Gasteiger partial charge in [0.15, 0.2) is 0 Å². The van der Waals surface area contributed by atoms with Gasteiger partial charge in [-0.15, -0.1) is 0 Å². The molecule has 4 heteroatoms. The van der Waals surface area contributed by atoms with Gasteiger partial charge in [-0.1, -0.05) is 6.92 Å². The van der Waals surface area contributed by atoms with Crippen LogP contribution in [0.4, 0.5) is 0 Å². The summed E-state index contributed by atoms with van der Waals surface area (Å²) in [6.07, 6.45) is 4.00. The third kappa shape index (κ3) is 3.15. The summed E-state index contributed by atoms with van der Waals surface area (Å²) >= 11 is 0. The van der Waals surface area contributed by atoms with Gasteiger partial charge in [-0.2, -0.15) is 0 Å². The maximum absolute atomic E-state index is 12.0. The third-order valence-electron chi connectivity index (χ3n) is 5.07. The first-order valence-electron chi connectivity index (χ1n) is 7.68. The highest BCUT2D eigenvalue weighted by Crippen LogP contribution is 2.49. The van der Waals surface area contributed by atoms with E-state index in [0.717, 1.165) is 25.7 Å². The van der Waals surface area contributed by atoms with Crippen LogP contribution in [-0.4, -0.2) is 24.6 Å². The molecular formula is C16H26O4. The molecule has 20 heavy (non-hydrogen) atoms. The van der Waals surface area contributed by atoms with Crippen molar-refractivity contribution in [3.8, 4) is 0 Å². The average molecular weight is 282 g/mol. The predicted molar refractivity (Wildman–Crippen MR) is 74.9 cm³/mol. The Kier molecular flexibility index (Phi) is 4.40. The molecule has 0 aromatic heterocycles. The first-order chi connectivity index (χ1) is 9.33. The average Bonchev–Trinajstić information content (AvgIpc) is 2.94. The summed E-state index contributed by atoms with van der Waals surface area (Å²) in [5.74, 6) is 1.04. The Morgan fingerprint density at radius 1 is 1.20 bits per heavy atom. The van der Waals surface area contributed by atoms with Crippen molar-refractivity contribution in [2.45, 2.75) is 59.5 Å². The zero-order valence-corrected chi connectivity index (χ0v) is 13.0. The molecule has 0 aromatic carbocycles. The van der Waals surface area contributed by atoms with E-state index >= 15 is 0 Å². The van der Waals surface area contributed by atoms with Crippen molar-refractivity contribution in [2.24, 2.45) is 23.2 Å². The molecule has 4 nitrogen and oxygen atoms in total. The fourth-order valence-electron chi connectivity index (χ4n) is 3.49. The van der Waals surface area contributed by atoms with Crippen LogP contribution in [0.3, 0.4) is 0 Å². The SMILES string of the molecule is CCC(C)(C)C(=O)OCC1CC2CC(OC(C)=O)C1C2. The van der Waals surface area contributed by atoms with Gasteiger partial charge < -0.3 is 9.47 Å². The number of fused-ring (bicyclic) bond motifs is 2. The maximum Gasteiger partial charge on any atom is 0.311 e. The van der Waals surface area contributed by atoms with Crippen molar-refractivity contribution in [3.05, 3.63) is 0 Å². The number of rotatable bonds is 5. The Hall–Kier alpha value is -1.06. The summed E-state index contributed by atoms with van der Waals surface area (Å²) in [5, 5.41) is 0. The van der Waals surface area contributed by atoms with Gasteiger partial charge in [0, 0.05) is 12.8 Å². The molecule has 2 aliphatic carbocycles. The predicted octanol–water partition coefficient (Wildman–Crippen LogP) is 2.94. The van der Waals surface area contributed by atoms with Crippen molar-refractivity contribution >= 4 is 11.9 Å². The van der Waals surface area contributed by atoms with Crippen LogP contribution < -0.4 is 0 Å². The molecule has 2 saturated carbocycles. The molecular weight excluding hydrogens is 256 g/mol. The number of carbonyl (C=O) groups excluding carboxylic acids is 2. The van der Waals surface area contributed by atoms with Crippen LogP contribution in [0.25, 0.3) is 0 Å². The minimum absolute atomic E-state index is 0.0362.